The molecular weight excluding hydrogens is 268 g/mol. The minimum atomic E-state index is -0.164. The zero-order valence-corrected chi connectivity index (χ0v) is 11.9. The molecule has 0 heterocycles. The first kappa shape index (κ1) is 14.7. The third kappa shape index (κ3) is 3.63. The van der Waals surface area contributed by atoms with Gasteiger partial charge in [-0.25, -0.2) is 0 Å². The highest BCUT2D eigenvalue weighted by molar-refractivity contribution is 6.08. The smallest absolute Gasteiger partial charge is 0.189 e. The molecule has 0 aliphatic heterocycles. The van der Waals surface area contributed by atoms with Crippen LogP contribution in [0.25, 0.3) is 6.08 Å². The second kappa shape index (κ2) is 6.61. The molecule has 0 unspecified atom stereocenters. The zero-order chi connectivity index (χ0) is 15.2. The summed E-state index contributed by atoms with van der Waals surface area (Å²) in [6, 6.07) is 11.6. The van der Waals surface area contributed by atoms with Gasteiger partial charge in [-0.05, 0) is 35.9 Å². The molecule has 2 rings (SSSR count). The molecule has 0 aliphatic rings. The van der Waals surface area contributed by atoms with Crippen molar-refractivity contribution in [2.75, 3.05) is 14.2 Å². The summed E-state index contributed by atoms with van der Waals surface area (Å²) in [4.78, 5) is 12.2. The Morgan fingerprint density at radius 2 is 1.76 bits per heavy atom. The normalized spacial score (nSPS) is 10.6. The number of ether oxygens (including phenoxy) is 2. The standard InChI is InChI=1S/C17H16O4/c1-20-14-8-9-15(17(11-14)21-2)16(19)10-5-12-3-6-13(18)7-4-12/h3-11,18H,1-2H3. The SMILES string of the molecule is COc1ccc(C(=O)C=Cc2ccc(O)cc2)c(OC)c1. The van der Waals surface area contributed by atoms with Gasteiger partial charge in [-0.1, -0.05) is 18.2 Å². The number of phenolic OH excluding ortho intramolecular Hbond substituents is 1. The number of aromatic hydroxyl groups is 1. The van der Waals surface area contributed by atoms with Gasteiger partial charge in [0.25, 0.3) is 0 Å². The molecule has 0 bridgehead atoms. The van der Waals surface area contributed by atoms with Crippen LogP contribution in [-0.4, -0.2) is 25.1 Å². The average Bonchev–Trinajstić information content (AvgIpc) is 2.53. The van der Waals surface area contributed by atoms with Crippen molar-refractivity contribution in [1.82, 2.24) is 0 Å². The zero-order valence-electron chi connectivity index (χ0n) is 11.9. The molecule has 2 aromatic carbocycles. The van der Waals surface area contributed by atoms with Crippen molar-refractivity contribution in [3.63, 3.8) is 0 Å². The van der Waals surface area contributed by atoms with E-state index < -0.39 is 0 Å². The van der Waals surface area contributed by atoms with Crippen LogP contribution in [0.3, 0.4) is 0 Å². The second-order valence-corrected chi connectivity index (χ2v) is 4.36. The highest BCUT2D eigenvalue weighted by Crippen LogP contribution is 2.25. The maximum atomic E-state index is 12.2. The van der Waals surface area contributed by atoms with Crippen LogP contribution in [-0.2, 0) is 0 Å². The van der Waals surface area contributed by atoms with Gasteiger partial charge in [-0.15, -0.1) is 0 Å². The number of hydrogen-bond donors (Lipinski definition) is 1. The molecule has 108 valence electrons. The molecule has 0 saturated heterocycles. The van der Waals surface area contributed by atoms with Crippen LogP contribution in [0.5, 0.6) is 17.2 Å². The van der Waals surface area contributed by atoms with E-state index >= 15 is 0 Å². The Hall–Kier alpha value is -2.75. The van der Waals surface area contributed by atoms with E-state index in [1.165, 1.54) is 13.2 Å². The Morgan fingerprint density at radius 3 is 2.38 bits per heavy atom. The number of methoxy groups -OCH3 is 2. The summed E-state index contributed by atoms with van der Waals surface area (Å²) in [5.41, 5.74) is 1.29. The molecule has 0 atom stereocenters. The molecule has 0 aromatic heterocycles. The second-order valence-electron chi connectivity index (χ2n) is 4.36. The lowest BCUT2D eigenvalue weighted by molar-refractivity contribution is 0.104. The summed E-state index contributed by atoms with van der Waals surface area (Å²) >= 11 is 0. The Bertz CT molecular complexity index is 657. The summed E-state index contributed by atoms with van der Waals surface area (Å²) in [6.07, 6.45) is 3.15. The fraction of sp³-hybridized carbons (Fsp3) is 0.118. The highest BCUT2D eigenvalue weighted by Gasteiger charge is 2.10. The molecule has 4 nitrogen and oxygen atoms in total. The lowest BCUT2D eigenvalue weighted by Crippen LogP contribution is -1.99. The molecule has 0 saturated carbocycles. The van der Waals surface area contributed by atoms with E-state index in [1.54, 1.807) is 55.7 Å². The summed E-state index contributed by atoms with van der Waals surface area (Å²) in [7, 11) is 3.07. The summed E-state index contributed by atoms with van der Waals surface area (Å²) in [5, 5.41) is 9.21. The first-order chi connectivity index (χ1) is 10.1. The van der Waals surface area contributed by atoms with Gasteiger partial charge in [-0.2, -0.15) is 0 Å². The third-order valence-corrected chi connectivity index (χ3v) is 2.99. The van der Waals surface area contributed by atoms with E-state index in [0.29, 0.717) is 17.1 Å². The fourth-order valence-electron chi connectivity index (χ4n) is 1.85. The van der Waals surface area contributed by atoms with Crippen molar-refractivity contribution in [1.29, 1.82) is 0 Å². The molecule has 0 fully saturated rings. The Morgan fingerprint density at radius 1 is 1.05 bits per heavy atom. The van der Waals surface area contributed by atoms with E-state index in [0.717, 1.165) is 5.56 Å². The van der Waals surface area contributed by atoms with Gasteiger partial charge >= 0.3 is 0 Å². The van der Waals surface area contributed by atoms with E-state index in [9.17, 15) is 9.90 Å². The Balaban J connectivity index is 2.22. The van der Waals surface area contributed by atoms with Crippen molar-refractivity contribution in [2.45, 2.75) is 0 Å². The predicted octanol–water partition coefficient (Wildman–Crippen LogP) is 3.31. The van der Waals surface area contributed by atoms with Crippen molar-refractivity contribution < 1.29 is 19.4 Å². The maximum Gasteiger partial charge on any atom is 0.189 e. The molecule has 1 N–H and O–H groups in total. The van der Waals surface area contributed by atoms with Gasteiger partial charge in [0.05, 0.1) is 19.8 Å². The van der Waals surface area contributed by atoms with Crippen LogP contribution in [0.4, 0.5) is 0 Å². The summed E-state index contributed by atoms with van der Waals surface area (Å²) in [6.45, 7) is 0. The highest BCUT2D eigenvalue weighted by atomic mass is 16.5. The molecule has 21 heavy (non-hydrogen) atoms. The number of ketones is 1. The largest absolute Gasteiger partial charge is 0.508 e. The van der Waals surface area contributed by atoms with Crippen LogP contribution >= 0.6 is 0 Å². The number of rotatable bonds is 5. The number of allylic oxidation sites excluding steroid dienone is 1. The Labute approximate surface area is 123 Å². The number of carbonyl (C=O) groups is 1. The van der Waals surface area contributed by atoms with Crippen molar-refractivity contribution in [3.8, 4) is 17.2 Å². The topological polar surface area (TPSA) is 55.8 Å². The number of phenols is 1. The number of carbonyl (C=O) groups excluding carboxylic acids is 1. The first-order valence-corrected chi connectivity index (χ1v) is 6.37. The molecule has 0 aliphatic carbocycles. The fourth-order valence-corrected chi connectivity index (χ4v) is 1.85. The van der Waals surface area contributed by atoms with Gasteiger partial charge < -0.3 is 14.6 Å². The minimum absolute atomic E-state index is 0.164. The van der Waals surface area contributed by atoms with Crippen LogP contribution in [0.15, 0.2) is 48.5 Å². The number of benzene rings is 2. The lowest BCUT2D eigenvalue weighted by Gasteiger charge is -2.07. The van der Waals surface area contributed by atoms with Crippen LogP contribution in [0.1, 0.15) is 15.9 Å². The quantitative estimate of drug-likeness (QED) is 0.676. The van der Waals surface area contributed by atoms with Gasteiger partial charge in [-0.3, -0.25) is 4.79 Å². The van der Waals surface area contributed by atoms with Crippen molar-refractivity contribution in [2.24, 2.45) is 0 Å². The summed E-state index contributed by atoms with van der Waals surface area (Å²) < 4.78 is 10.3. The van der Waals surface area contributed by atoms with Gasteiger partial charge in [0.15, 0.2) is 5.78 Å². The first-order valence-electron chi connectivity index (χ1n) is 6.37. The van der Waals surface area contributed by atoms with Crippen molar-refractivity contribution in [3.05, 3.63) is 59.7 Å². The van der Waals surface area contributed by atoms with E-state index in [1.807, 2.05) is 0 Å². The van der Waals surface area contributed by atoms with Gasteiger partial charge in [0.2, 0.25) is 0 Å². The van der Waals surface area contributed by atoms with E-state index in [-0.39, 0.29) is 11.5 Å². The molecule has 0 spiro atoms. The van der Waals surface area contributed by atoms with Crippen LogP contribution in [0.2, 0.25) is 0 Å². The molecule has 4 heteroatoms. The van der Waals surface area contributed by atoms with Crippen LogP contribution in [0, 0.1) is 0 Å². The van der Waals surface area contributed by atoms with Crippen molar-refractivity contribution >= 4 is 11.9 Å². The Kier molecular flexibility index (Phi) is 4.61. The molecule has 2 aromatic rings. The summed E-state index contributed by atoms with van der Waals surface area (Å²) in [5.74, 6) is 1.12. The maximum absolute atomic E-state index is 12.2. The van der Waals surface area contributed by atoms with E-state index in [2.05, 4.69) is 0 Å². The minimum Gasteiger partial charge on any atom is -0.508 e. The lowest BCUT2D eigenvalue weighted by atomic mass is 10.1. The van der Waals surface area contributed by atoms with Gasteiger partial charge in [0.1, 0.15) is 17.2 Å². The molecule has 0 radical (unpaired) electrons. The average molecular weight is 284 g/mol. The molecule has 0 amide bonds. The molecular formula is C17H16O4. The predicted molar refractivity (Wildman–Crippen MR) is 81.0 cm³/mol. The number of hydrogen-bond acceptors (Lipinski definition) is 4. The van der Waals surface area contributed by atoms with E-state index in [4.69, 9.17) is 9.47 Å². The van der Waals surface area contributed by atoms with Gasteiger partial charge in [0, 0.05) is 6.07 Å². The third-order valence-electron chi connectivity index (χ3n) is 2.99. The monoisotopic (exact) mass is 284 g/mol. The van der Waals surface area contributed by atoms with Crippen LogP contribution < -0.4 is 9.47 Å².